The molecule has 0 saturated carbocycles. The molecule has 30 heavy (non-hydrogen) atoms. The molecule has 0 bridgehead atoms. The highest BCUT2D eigenvalue weighted by Gasteiger charge is 2.32. The minimum absolute atomic E-state index is 0.00881. The molecule has 0 radical (unpaired) electrons. The summed E-state index contributed by atoms with van der Waals surface area (Å²) in [5.74, 6) is -4.19. The van der Waals surface area contributed by atoms with E-state index >= 15 is 0 Å². The summed E-state index contributed by atoms with van der Waals surface area (Å²) in [6, 6.07) is 5.51. The van der Waals surface area contributed by atoms with Crippen LogP contribution in [0.3, 0.4) is 0 Å². The second kappa shape index (κ2) is 9.28. The van der Waals surface area contributed by atoms with E-state index in [-0.39, 0.29) is 30.4 Å². The van der Waals surface area contributed by atoms with Crippen molar-refractivity contribution in [3.8, 4) is 0 Å². The van der Waals surface area contributed by atoms with Gasteiger partial charge in [0.15, 0.2) is 0 Å². The van der Waals surface area contributed by atoms with E-state index in [4.69, 9.17) is 4.74 Å². The maximum Gasteiger partial charge on any atom is 0.257 e. The summed E-state index contributed by atoms with van der Waals surface area (Å²) < 4.78 is 61.4. The molecule has 8 heteroatoms. The Bertz CT molecular complexity index is 924. The Balaban J connectivity index is 1.80. The second-order valence-corrected chi connectivity index (χ2v) is 7.27. The average molecular weight is 422 g/mol. The number of amides is 1. The zero-order chi connectivity index (χ0) is 21.8. The van der Waals surface area contributed by atoms with Crippen LogP contribution in [0.15, 0.2) is 41.4 Å². The Morgan fingerprint density at radius 2 is 1.67 bits per heavy atom. The number of nitrogens with one attached hydrogen (secondary N) is 1. The summed E-state index contributed by atoms with van der Waals surface area (Å²) in [6.45, 7) is 3.80. The van der Waals surface area contributed by atoms with E-state index in [2.05, 4.69) is 10.3 Å². The van der Waals surface area contributed by atoms with Crippen LogP contribution in [-0.4, -0.2) is 30.5 Å². The van der Waals surface area contributed by atoms with Gasteiger partial charge < -0.3 is 10.1 Å². The van der Waals surface area contributed by atoms with Gasteiger partial charge in [-0.15, -0.1) is 0 Å². The molecular formula is C22H22F4N2O2. The minimum Gasteiger partial charge on any atom is -0.477 e. The minimum atomic E-state index is -0.974. The van der Waals surface area contributed by atoms with Crippen LogP contribution in [0.2, 0.25) is 0 Å². The first-order valence-corrected chi connectivity index (χ1v) is 9.70. The number of ether oxygens (including phenoxy) is 1. The molecule has 2 aromatic carbocycles. The van der Waals surface area contributed by atoms with Crippen molar-refractivity contribution in [2.45, 2.75) is 38.8 Å². The summed E-state index contributed by atoms with van der Waals surface area (Å²) in [5, 5.41) is 2.59. The summed E-state index contributed by atoms with van der Waals surface area (Å²) in [6.07, 6.45) is 0.616. The zero-order valence-corrected chi connectivity index (χ0v) is 16.6. The fourth-order valence-corrected chi connectivity index (χ4v) is 3.28. The fourth-order valence-electron chi connectivity index (χ4n) is 3.28. The Labute approximate surface area is 172 Å². The van der Waals surface area contributed by atoms with Crippen molar-refractivity contribution in [3.63, 3.8) is 0 Å². The highest BCUT2D eigenvalue weighted by molar-refractivity contribution is 5.98. The monoisotopic (exact) mass is 422 g/mol. The third-order valence-corrected chi connectivity index (χ3v) is 5.19. The maximum absolute atomic E-state index is 14.0. The number of hydrogen-bond acceptors (Lipinski definition) is 3. The first-order chi connectivity index (χ1) is 14.3. The average Bonchev–Trinajstić information content (AvgIpc) is 3.16. The number of carbonyl (C=O) groups excluding carboxylic acids is 1. The molecule has 4 nitrogen and oxygen atoms in total. The number of hydrogen-bond donors (Lipinski definition) is 1. The molecule has 0 fully saturated rings. The van der Waals surface area contributed by atoms with E-state index in [1.165, 1.54) is 24.3 Å². The molecule has 1 amide bonds. The molecule has 3 atom stereocenters. The smallest absolute Gasteiger partial charge is 0.257 e. The van der Waals surface area contributed by atoms with Gasteiger partial charge in [0.2, 0.25) is 5.90 Å². The van der Waals surface area contributed by atoms with Crippen molar-refractivity contribution in [1.82, 2.24) is 5.32 Å². The standard InChI is InChI=1S/C22H22F4N2O2/c1-3-12(2)20(28-21(29)19-17(25)8-5-9-18(19)26)22-27-13(11-30-22)10-14-15(23)6-4-7-16(14)24/h4-9,12-13,20H,3,10-11H2,1-2H3,(H,28,29)/t12-,13-,20?/m0/s1. The largest absolute Gasteiger partial charge is 0.477 e. The van der Waals surface area contributed by atoms with Gasteiger partial charge >= 0.3 is 0 Å². The highest BCUT2D eigenvalue weighted by Crippen LogP contribution is 2.22. The summed E-state index contributed by atoms with van der Waals surface area (Å²) >= 11 is 0. The number of rotatable bonds is 7. The van der Waals surface area contributed by atoms with Gasteiger partial charge in [-0.2, -0.15) is 0 Å². The van der Waals surface area contributed by atoms with Crippen LogP contribution in [0.5, 0.6) is 0 Å². The van der Waals surface area contributed by atoms with Gasteiger partial charge in [-0.25, -0.2) is 22.6 Å². The van der Waals surface area contributed by atoms with Crippen molar-refractivity contribution < 1.29 is 27.1 Å². The third kappa shape index (κ3) is 4.63. The number of halogens is 4. The van der Waals surface area contributed by atoms with Gasteiger partial charge in [0.25, 0.3) is 5.91 Å². The van der Waals surface area contributed by atoms with Crippen molar-refractivity contribution >= 4 is 11.8 Å². The molecule has 1 aliphatic rings. The Morgan fingerprint density at radius 1 is 1.10 bits per heavy atom. The van der Waals surface area contributed by atoms with Gasteiger partial charge in [-0.1, -0.05) is 32.4 Å². The van der Waals surface area contributed by atoms with Crippen molar-refractivity contribution in [2.75, 3.05) is 6.61 Å². The van der Waals surface area contributed by atoms with Crippen LogP contribution in [0.1, 0.15) is 36.2 Å². The molecule has 0 saturated heterocycles. The number of nitrogens with zero attached hydrogens (tertiary/aromatic N) is 1. The van der Waals surface area contributed by atoms with E-state index in [0.29, 0.717) is 6.42 Å². The van der Waals surface area contributed by atoms with E-state index in [1.54, 1.807) is 0 Å². The SMILES string of the molecule is CC[C@H](C)C(NC(=O)c1c(F)cccc1F)C1=N[C@@H](Cc2c(F)cccc2F)CO1. The first kappa shape index (κ1) is 21.8. The summed E-state index contributed by atoms with van der Waals surface area (Å²) in [4.78, 5) is 16.9. The lowest BCUT2D eigenvalue weighted by atomic mass is 9.98. The molecule has 160 valence electrons. The molecule has 2 aromatic rings. The number of benzene rings is 2. The zero-order valence-electron chi connectivity index (χ0n) is 16.6. The van der Waals surface area contributed by atoms with Crippen LogP contribution in [0.25, 0.3) is 0 Å². The van der Waals surface area contributed by atoms with Gasteiger partial charge in [0, 0.05) is 12.0 Å². The Morgan fingerprint density at radius 3 is 2.23 bits per heavy atom. The fraction of sp³-hybridized carbons (Fsp3) is 0.364. The van der Waals surface area contributed by atoms with Gasteiger partial charge in [-0.3, -0.25) is 4.79 Å². The summed E-state index contributed by atoms with van der Waals surface area (Å²) in [5.41, 5.74) is -0.775. The van der Waals surface area contributed by atoms with E-state index in [0.717, 1.165) is 12.1 Å². The quantitative estimate of drug-likeness (QED) is 0.672. The second-order valence-electron chi connectivity index (χ2n) is 7.27. The van der Waals surface area contributed by atoms with Crippen LogP contribution >= 0.6 is 0 Å². The lowest BCUT2D eigenvalue weighted by Gasteiger charge is -2.23. The molecule has 0 aliphatic carbocycles. The molecule has 1 aliphatic heterocycles. The topological polar surface area (TPSA) is 50.7 Å². The van der Waals surface area contributed by atoms with Gasteiger partial charge in [0.1, 0.15) is 41.5 Å². The van der Waals surface area contributed by atoms with Crippen LogP contribution in [-0.2, 0) is 11.2 Å². The highest BCUT2D eigenvalue weighted by atomic mass is 19.1. The van der Waals surface area contributed by atoms with Gasteiger partial charge in [-0.05, 0) is 30.2 Å². The predicted octanol–water partition coefficient (Wildman–Crippen LogP) is 4.43. The maximum atomic E-state index is 14.0. The molecule has 0 spiro atoms. The first-order valence-electron chi connectivity index (χ1n) is 9.70. The molecule has 1 N–H and O–H groups in total. The predicted molar refractivity (Wildman–Crippen MR) is 104 cm³/mol. The molecular weight excluding hydrogens is 400 g/mol. The molecule has 1 unspecified atom stereocenters. The van der Waals surface area contributed by atoms with Crippen molar-refractivity contribution in [2.24, 2.45) is 10.9 Å². The Hall–Kier alpha value is -2.90. The molecule has 1 heterocycles. The molecule has 0 aromatic heterocycles. The van der Waals surface area contributed by atoms with Gasteiger partial charge in [0.05, 0.1) is 6.04 Å². The van der Waals surface area contributed by atoms with Crippen LogP contribution < -0.4 is 5.32 Å². The van der Waals surface area contributed by atoms with E-state index in [9.17, 15) is 22.4 Å². The lowest BCUT2D eigenvalue weighted by molar-refractivity contribution is 0.0923. The lowest BCUT2D eigenvalue weighted by Crippen LogP contribution is -2.45. The van der Waals surface area contributed by atoms with E-state index in [1.807, 2.05) is 13.8 Å². The Kier molecular flexibility index (Phi) is 6.74. The normalized spacial score (nSPS) is 17.8. The summed E-state index contributed by atoms with van der Waals surface area (Å²) in [7, 11) is 0. The third-order valence-electron chi connectivity index (χ3n) is 5.19. The van der Waals surface area contributed by atoms with Crippen LogP contribution in [0.4, 0.5) is 17.6 Å². The van der Waals surface area contributed by atoms with Crippen LogP contribution in [0, 0.1) is 29.2 Å². The molecule has 3 rings (SSSR count). The van der Waals surface area contributed by atoms with Crippen molar-refractivity contribution in [3.05, 3.63) is 70.8 Å². The van der Waals surface area contributed by atoms with Crippen molar-refractivity contribution in [1.29, 1.82) is 0 Å². The number of aliphatic imine (C=N–C) groups is 1. The number of carbonyl (C=O) groups is 1. The van der Waals surface area contributed by atoms with E-state index < -0.39 is 46.8 Å².